The molecule has 4 aliphatic carbocycles. The minimum atomic E-state index is -1.43. The summed E-state index contributed by atoms with van der Waals surface area (Å²) in [7, 11) is -1.43. The zero-order valence-corrected chi connectivity index (χ0v) is 24.8. The molecule has 3 fully saturated rings. The van der Waals surface area contributed by atoms with Crippen LogP contribution in [0.4, 0.5) is 0 Å². The molecule has 5 rings (SSSR count). The standard InChI is InChI=1S/C31H38O9Si/c1-5-12-37-31(36)29-27-23-15-21(39-17-19-6-8-20(9-7-19)40-18-26(33)34)10-11-22(23)24(16-25(27)32)28(29)30(35)38-13-14-41(2,3)4/h5-10,15,22,24,27-29H,1,11-14,16-18H2,2-4H3,(H,33,34). The molecule has 0 heterocycles. The van der Waals surface area contributed by atoms with Gasteiger partial charge in [-0.25, -0.2) is 4.79 Å². The number of carboxylic acid groups (broad SMARTS) is 1. The Balaban J connectivity index is 1.50. The number of esters is 2. The van der Waals surface area contributed by atoms with E-state index in [1.54, 1.807) is 24.3 Å². The Morgan fingerprint density at radius 1 is 1.05 bits per heavy atom. The lowest BCUT2D eigenvalue weighted by atomic mass is 9.50. The number of hydrogen-bond acceptors (Lipinski definition) is 8. The molecule has 41 heavy (non-hydrogen) atoms. The van der Waals surface area contributed by atoms with Crippen LogP contribution in [-0.4, -0.2) is 56.7 Å². The zero-order valence-electron chi connectivity index (χ0n) is 23.8. The maximum Gasteiger partial charge on any atom is 0.341 e. The fourth-order valence-electron chi connectivity index (χ4n) is 5.89. The molecule has 3 saturated carbocycles. The highest BCUT2D eigenvalue weighted by Gasteiger charge is 2.61. The van der Waals surface area contributed by atoms with Crippen LogP contribution in [-0.2, 0) is 40.0 Å². The number of ketones is 1. The highest BCUT2D eigenvalue weighted by Crippen LogP contribution is 2.56. The second-order valence-electron chi connectivity index (χ2n) is 12.0. The van der Waals surface area contributed by atoms with Crippen LogP contribution < -0.4 is 4.74 Å². The van der Waals surface area contributed by atoms with Crippen molar-refractivity contribution < 1.29 is 43.2 Å². The van der Waals surface area contributed by atoms with Crippen LogP contribution in [0, 0.1) is 29.6 Å². The van der Waals surface area contributed by atoms with Crippen molar-refractivity contribution in [2.45, 2.75) is 45.1 Å². The first-order chi connectivity index (χ1) is 19.5. The summed E-state index contributed by atoms with van der Waals surface area (Å²) >= 11 is 0. The molecule has 0 amide bonds. The number of carboxylic acids is 1. The zero-order chi connectivity index (χ0) is 29.7. The van der Waals surface area contributed by atoms with Crippen LogP contribution in [0.15, 0.2) is 60.4 Å². The minimum absolute atomic E-state index is 0.00478. The van der Waals surface area contributed by atoms with Crippen LogP contribution in [0.1, 0.15) is 18.4 Å². The van der Waals surface area contributed by atoms with Gasteiger partial charge < -0.3 is 24.1 Å². The Kier molecular flexibility index (Phi) is 9.52. The van der Waals surface area contributed by atoms with Crippen molar-refractivity contribution in [3.63, 3.8) is 0 Å². The second-order valence-corrected chi connectivity index (χ2v) is 17.6. The van der Waals surface area contributed by atoms with E-state index in [0.29, 0.717) is 24.5 Å². The molecule has 0 aromatic heterocycles. The van der Waals surface area contributed by atoms with Gasteiger partial charge in [0.2, 0.25) is 0 Å². The average Bonchev–Trinajstić information content (AvgIpc) is 2.93. The van der Waals surface area contributed by atoms with E-state index >= 15 is 0 Å². The Morgan fingerprint density at radius 3 is 2.41 bits per heavy atom. The van der Waals surface area contributed by atoms with Crippen molar-refractivity contribution in [1.29, 1.82) is 0 Å². The van der Waals surface area contributed by atoms with Crippen molar-refractivity contribution >= 4 is 31.8 Å². The highest BCUT2D eigenvalue weighted by molar-refractivity contribution is 6.76. The van der Waals surface area contributed by atoms with Crippen molar-refractivity contribution in [3.8, 4) is 5.75 Å². The molecule has 1 aromatic rings. The van der Waals surface area contributed by atoms with Gasteiger partial charge in [0.1, 0.15) is 30.5 Å². The van der Waals surface area contributed by atoms with Gasteiger partial charge in [-0.15, -0.1) is 0 Å². The summed E-state index contributed by atoms with van der Waals surface area (Å²) in [5, 5.41) is 8.75. The van der Waals surface area contributed by atoms with Crippen molar-refractivity contribution in [1.82, 2.24) is 0 Å². The Hall–Kier alpha value is -3.66. The number of carbonyl (C=O) groups is 4. The molecule has 9 nitrogen and oxygen atoms in total. The third kappa shape index (κ3) is 7.35. The van der Waals surface area contributed by atoms with Crippen molar-refractivity contribution in [3.05, 3.63) is 66.0 Å². The van der Waals surface area contributed by atoms with Gasteiger partial charge in [0, 0.05) is 14.5 Å². The number of rotatable bonds is 13. The molecule has 10 heteroatoms. The van der Waals surface area contributed by atoms with E-state index in [2.05, 4.69) is 26.2 Å². The summed E-state index contributed by atoms with van der Waals surface area (Å²) in [5.74, 6) is -3.95. The van der Waals surface area contributed by atoms with Crippen LogP contribution in [0.5, 0.6) is 5.75 Å². The van der Waals surface area contributed by atoms with E-state index in [9.17, 15) is 19.2 Å². The average molecular weight is 583 g/mol. The van der Waals surface area contributed by atoms with Gasteiger partial charge in [-0.2, -0.15) is 0 Å². The summed E-state index contributed by atoms with van der Waals surface area (Å²) < 4.78 is 22.3. The summed E-state index contributed by atoms with van der Waals surface area (Å²) in [6.07, 6.45) is 6.08. The van der Waals surface area contributed by atoms with Crippen LogP contribution in [0.2, 0.25) is 25.7 Å². The molecule has 5 unspecified atom stereocenters. The SMILES string of the molecule is C=CCOC(=O)C1C2C(=O)CC(C3CC=C(OCc4ccc(OCC(=O)O)cc4)C=C32)C1C(=O)OCC[Si](C)(C)C. The second kappa shape index (κ2) is 12.9. The lowest BCUT2D eigenvalue weighted by Gasteiger charge is -2.51. The number of ether oxygens (including phenoxy) is 4. The topological polar surface area (TPSA) is 125 Å². The maximum absolute atomic E-state index is 13.4. The van der Waals surface area contributed by atoms with Crippen LogP contribution in [0.3, 0.4) is 0 Å². The summed E-state index contributed by atoms with van der Waals surface area (Å²) in [5.41, 5.74) is 1.66. The predicted molar refractivity (Wildman–Crippen MR) is 152 cm³/mol. The van der Waals surface area contributed by atoms with E-state index in [0.717, 1.165) is 17.2 Å². The molecule has 0 spiro atoms. The van der Waals surface area contributed by atoms with Gasteiger partial charge in [0.25, 0.3) is 0 Å². The first kappa shape index (κ1) is 30.3. The van der Waals surface area contributed by atoms with Crippen LogP contribution in [0.25, 0.3) is 0 Å². The van der Waals surface area contributed by atoms with Crippen LogP contribution >= 0.6 is 0 Å². The smallest absolute Gasteiger partial charge is 0.341 e. The molecule has 5 atom stereocenters. The lowest BCUT2D eigenvalue weighted by molar-refractivity contribution is -0.174. The monoisotopic (exact) mass is 582 g/mol. The summed E-state index contributed by atoms with van der Waals surface area (Å²) in [6.45, 7) is 10.3. The van der Waals surface area contributed by atoms with E-state index < -0.39 is 50.3 Å². The van der Waals surface area contributed by atoms with Gasteiger partial charge in [0.05, 0.1) is 24.4 Å². The largest absolute Gasteiger partial charge is 0.489 e. The van der Waals surface area contributed by atoms with Crippen molar-refractivity contribution in [2.24, 2.45) is 29.6 Å². The van der Waals surface area contributed by atoms with E-state index in [4.69, 9.17) is 24.1 Å². The molecule has 0 aliphatic heterocycles. The summed E-state index contributed by atoms with van der Waals surface area (Å²) in [6, 6.07) is 7.73. The third-order valence-corrected chi connectivity index (χ3v) is 9.56. The molecule has 2 bridgehead atoms. The van der Waals surface area contributed by atoms with Crippen molar-refractivity contribution in [2.75, 3.05) is 19.8 Å². The minimum Gasteiger partial charge on any atom is -0.489 e. The number of Topliss-reactive ketones (excluding diaryl/α,β-unsaturated/α-hetero) is 1. The molecular weight excluding hydrogens is 544 g/mol. The molecule has 4 aliphatic rings. The molecule has 1 aromatic carbocycles. The molecule has 220 valence electrons. The Labute approximate surface area is 241 Å². The number of fused-ring (bicyclic) bond motifs is 2. The predicted octanol–water partition coefficient (Wildman–Crippen LogP) is 4.56. The quantitative estimate of drug-likeness (QED) is 0.202. The van der Waals surface area contributed by atoms with Gasteiger partial charge in [-0.1, -0.05) is 50.0 Å². The first-order valence-corrected chi connectivity index (χ1v) is 17.6. The van der Waals surface area contributed by atoms with Gasteiger partial charge in [0.15, 0.2) is 6.61 Å². The first-order valence-electron chi connectivity index (χ1n) is 13.9. The maximum atomic E-state index is 13.4. The molecule has 0 saturated heterocycles. The number of allylic oxidation sites excluding steroid dienone is 3. The number of hydrogen-bond donors (Lipinski definition) is 1. The van der Waals surface area contributed by atoms with Gasteiger partial charge in [-0.05, 0) is 54.1 Å². The molecular formula is C31H38O9Si. The Morgan fingerprint density at radius 2 is 1.76 bits per heavy atom. The highest BCUT2D eigenvalue weighted by atomic mass is 28.3. The van der Waals surface area contributed by atoms with Gasteiger partial charge in [-0.3, -0.25) is 14.4 Å². The van der Waals surface area contributed by atoms with E-state index in [1.807, 2.05) is 12.2 Å². The Bertz CT molecular complexity index is 1240. The number of benzene rings is 1. The number of carbonyl (C=O) groups excluding carboxylic acids is 3. The third-order valence-electron chi connectivity index (χ3n) is 7.85. The lowest BCUT2D eigenvalue weighted by Crippen LogP contribution is -2.57. The van der Waals surface area contributed by atoms with E-state index in [1.165, 1.54) is 6.08 Å². The summed E-state index contributed by atoms with van der Waals surface area (Å²) in [4.78, 5) is 50.7. The normalized spacial score (nSPS) is 24.9. The van der Waals surface area contributed by atoms with E-state index in [-0.39, 0.29) is 37.3 Å². The fourth-order valence-corrected chi connectivity index (χ4v) is 6.60. The number of aliphatic carboxylic acids is 1. The molecule has 1 N–H and O–H groups in total. The van der Waals surface area contributed by atoms with Gasteiger partial charge >= 0.3 is 17.9 Å². The fraction of sp³-hybridized carbons (Fsp3) is 0.484. The molecule has 0 radical (unpaired) electrons.